The fourth-order valence-electron chi connectivity index (χ4n) is 2.08. The molecule has 0 N–H and O–H groups in total. The van der Waals surface area contributed by atoms with Crippen LogP contribution in [0.5, 0.6) is 6.01 Å². The summed E-state index contributed by atoms with van der Waals surface area (Å²) in [5.74, 6) is 0.720. The van der Waals surface area contributed by atoms with E-state index in [2.05, 4.69) is 20.3 Å². The van der Waals surface area contributed by atoms with Crippen molar-refractivity contribution >= 4 is 5.82 Å². The first-order valence-electron chi connectivity index (χ1n) is 7.46. The first-order chi connectivity index (χ1) is 12.0. The summed E-state index contributed by atoms with van der Waals surface area (Å²) in [6.45, 7) is 0.116. The van der Waals surface area contributed by atoms with Crippen molar-refractivity contribution < 1.29 is 13.5 Å². The Kier molecular flexibility index (Phi) is 4.82. The summed E-state index contributed by atoms with van der Waals surface area (Å²) in [6.07, 6.45) is 0.678. The Hall–Kier alpha value is -3.10. The molecule has 0 aliphatic heterocycles. The van der Waals surface area contributed by atoms with Gasteiger partial charge in [-0.3, -0.25) is 0 Å². The monoisotopic (exact) mass is 346 g/mol. The quantitative estimate of drug-likeness (QED) is 0.683. The Balaban J connectivity index is 1.70. The van der Waals surface area contributed by atoms with Crippen LogP contribution in [-0.4, -0.2) is 39.1 Å². The third-order valence-electron chi connectivity index (χ3n) is 3.35. The molecule has 0 saturated heterocycles. The molecule has 0 saturated carbocycles. The SMILES string of the molecule is CN(C)c1ccnc(OCc2cn(-c3cccc(C(F)F)c3)nn2)n1. The smallest absolute Gasteiger partial charge is 0.318 e. The molecule has 0 amide bonds. The molecule has 0 radical (unpaired) electrons. The molecule has 9 heteroatoms. The van der Waals surface area contributed by atoms with Crippen molar-refractivity contribution in [3.63, 3.8) is 0 Å². The molecular weight excluding hydrogens is 330 g/mol. The highest BCUT2D eigenvalue weighted by molar-refractivity contribution is 5.36. The highest BCUT2D eigenvalue weighted by atomic mass is 19.3. The van der Waals surface area contributed by atoms with Crippen LogP contribution in [0.2, 0.25) is 0 Å². The normalized spacial score (nSPS) is 10.9. The Morgan fingerprint density at radius 3 is 2.84 bits per heavy atom. The van der Waals surface area contributed by atoms with E-state index in [1.807, 2.05) is 19.0 Å². The van der Waals surface area contributed by atoms with Gasteiger partial charge in [0, 0.05) is 25.9 Å². The summed E-state index contributed by atoms with van der Waals surface area (Å²) in [4.78, 5) is 10.1. The second-order valence-corrected chi connectivity index (χ2v) is 5.43. The van der Waals surface area contributed by atoms with Crippen LogP contribution >= 0.6 is 0 Å². The Bertz CT molecular complexity index is 852. The lowest BCUT2D eigenvalue weighted by Gasteiger charge is -2.11. The number of alkyl halides is 2. The van der Waals surface area contributed by atoms with E-state index >= 15 is 0 Å². The van der Waals surface area contributed by atoms with Crippen LogP contribution in [0.4, 0.5) is 14.6 Å². The van der Waals surface area contributed by atoms with E-state index in [1.54, 1.807) is 30.6 Å². The van der Waals surface area contributed by atoms with Gasteiger partial charge in [0.15, 0.2) is 0 Å². The van der Waals surface area contributed by atoms with Gasteiger partial charge in [0.1, 0.15) is 18.1 Å². The second-order valence-electron chi connectivity index (χ2n) is 5.43. The van der Waals surface area contributed by atoms with Crippen LogP contribution in [0, 0.1) is 0 Å². The Morgan fingerprint density at radius 2 is 2.08 bits per heavy atom. The van der Waals surface area contributed by atoms with Crippen molar-refractivity contribution in [1.29, 1.82) is 0 Å². The lowest BCUT2D eigenvalue weighted by atomic mass is 10.2. The molecule has 1 aromatic carbocycles. The van der Waals surface area contributed by atoms with Gasteiger partial charge in [-0.15, -0.1) is 5.10 Å². The number of halogens is 2. The Labute approximate surface area is 142 Å². The van der Waals surface area contributed by atoms with Gasteiger partial charge in [0.25, 0.3) is 6.43 Å². The van der Waals surface area contributed by atoms with E-state index in [0.29, 0.717) is 11.4 Å². The predicted octanol–water partition coefficient (Wildman–Crippen LogP) is 2.64. The molecule has 0 aliphatic carbocycles. The van der Waals surface area contributed by atoms with Gasteiger partial charge in [0.2, 0.25) is 0 Å². The van der Waals surface area contributed by atoms with Crippen molar-refractivity contribution in [1.82, 2.24) is 25.0 Å². The summed E-state index contributed by atoms with van der Waals surface area (Å²) < 4.78 is 32.5. The molecule has 0 atom stereocenters. The third-order valence-corrected chi connectivity index (χ3v) is 3.35. The minimum Gasteiger partial charge on any atom is -0.457 e. The van der Waals surface area contributed by atoms with Crippen molar-refractivity contribution in [3.05, 3.63) is 54.0 Å². The molecule has 3 rings (SSSR count). The molecule has 0 fully saturated rings. The first-order valence-corrected chi connectivity index (χ1v) is 7.46. The van der Waals surface area contributed by atoms with Gasteiger partial charge >= 0.3 is 6.01 Å². The van der Waals surface area contributed by atoms with E-state index in [0.717, 1.165) is 5.82 Å². The number of benzene rings is 1. The lowest BCUT2D eigenvalue weighted by molar-refractivity contribution is 0.151. The van der Waals surface area contributed by atoms with Crippen molar-refractivity contribution in [2.24, 2.45) is 0 Å². The number of nitrogens with zero attached hydrogens (tertiary/aromatic N) is 6. The summed E-state index contributed by atoms with van der Waals surface area (Å²) in [7, 11) is 3.73. The van der Waals surface area contributed by atoms with Gasteiger partial charge in [0.05, 0.1) is 11.9 Å². The third kappa shape index (κ3) is 4.06. The Morgan fingerprint density at radius 1 is 1.24 bits per heavy atom. The molecule has 25 heavy (non-hydrogen) atoms. The largest absolute Gasteiger partial charge is 0.457 e. The van der Waals surface area contributed by atoms with Crippen molar-refractivity contribution in [3.8, 4) is 11.7 Å². The predicted molar refractivity (Wildman–Crippen MR) is 87.0 cm³/mol. The standard InChI is InChI=1S/C16H16F2N6O/c1-23(2)14-6-7-19-16(20-14)25-10-12-9-24(22-21-12)13-5-3-4-11(8-13)15(17)18/h3-9,15H,10H2,1-2H3. The number of hydrogen-bond acceptors (Lipinski definition) is 6. The summed E-state index contributed by atoms with van der Waals surface area (Å²) in [6, 6.07) is 7.95. The molecule has 0 unspecified atom stereocenters. The molecule has 2 aromatic heterocycles. The molecular formula is C16H16F2N6O. The molecule has 2 heterocycles. The zero-order valence-electron chi connectivity index (χ0n) is 13.7. The van der Waals surface area contributed by atoms with Crippen LogP contribution in [0.3, 0.4) is 0 Å². The van der Waals surface area contributed by atoms with Crippen LogP contribution in [-0.2, 0) is 6.61 Å². The summed E-state index contributed by atoms with van der Waals surface area (Å²) in [5.41, 5.74) is 0.961. The second kappa shape index (κ2) is 7.20. The van der Waals surface area contributed by atoms with Crippen LogP contribution < -0.4 is 9.64 Å². The fraction of sp³-hybridized carbons (Fsp3) is 0.250. The summed E-state index contributed by atoms with van der Waals surface area (Å²) in [5, 5.41) is 7.91. The average molecular weight is 346 g/mol. The zero-order valence-corrected chi connectivity index (χ0v) is 13.7. The first kappa shape index (κ1) is 16.7. The maximum Gasteiger partial charge on any atom is 0.318 e. The lowest BCUT2D eigenvalue weighted by Crippen LogP contribution is -2.11. The van der Waals surface area contributed by atoms with Gasteiger partial charge in [-0.1, -0.05) is 17.3 Å². The fourth-order valence-corrected chi connectivity index (χ4v) is 2.08. The molecule has 130 valence electrons. The minimum absolute atomic E-state index is 0.0697. The maximum atomic E-state index is 12.8. The molecule has 0 aliphatic rings. The van der Waals surface area contributed by atoms with Crippen LogP contribution in [0.15, 0.2) is 42.7 Å². The topological polar surface area (TPSA) is 69.0 Å². The number of aromatic nitrogens is 5. The number of ether oxygens (including phenoxy) is 1. The molecule has 0 bridgehead atoms. The van der Waals surface area contributed by atoms with Crippen LogP contribution in [0.1, 0.15) is 17.7 Å². The van der Waals surface area contributed by atoms with E-state index in [1.165, 1.54) is 16.8 Å². The van der Waals surface area contributed by atoms with Gasteiger partial charge in [-0.25, -0.2) is 18.4 Å². The van der Waals surface area contributed by atoms with E-state index < -0.39 is 6.43 Å². The number of hydrogen-bond donors (Lipinski definition) is 0. The highest BCUT2D eigenvalue weighted by Crippen LogP contribution is 2.21. The summed E-state index contributed by atoms with van der Waals surface area (Å²) >= 11 is 0. The van der Waals surface area contributed by atoms with E-state index in [9.17, 15) is 8.78 Å². The minimum atomic E-state index is -2.53. The number of anilines is 1. The van der Waals surface area contributed by atoms with Crippen molar-refractivity contribution in [2.75, 3.05) is 19.0 Å². The van der Waals surface area contributed by atoms with E-state index in [4.69, 9.17) is 4.74 Å². The van der Waals surface area contributed by atoms with Gasteiger partial charge < -0.3 is 9.64 Å². The van der Waals surface area contributed by atoms with Gasteiger partial charge in [-0.05, 0) is 18.2 Å². The molecule has 7 nitrogen and oxygen atoms in total. The number of rotatable bonds is 6. The van der Waals surface area contributed by atoms with E-state index in [-0.39, 0.29) is 18.2 Å². The molecule has 0 spiro atoms. The van der Waals surface area contributed by atoms with Gasteiger partial charge in [-0.2, -0.15) is 4.98 Å². The zero-order chi connectivity index (χ0) is 17.8. The highest BCUT2D eigenvalue weighted by Gasteiger charge is 2.10. The maximum absolute atomic E-state index is 12.8. The van der Waals surface area contributed by atoms with Crippen molar-refractivity contribution in [2.45, 2.75) is 13.0 Å². The average Bonchev–Trinajstić information content (AvgIpc) is 3.09. The molecule has 3 aromatic rings. The van der Waals surface area contributed by atoms with Crippen LogP contribution in [0.25, 0.3) is 5.69 Å².